The van der Waals surface area contributed by atoms with Crippen LogP contribution in [-0.2, 0) is 0 Å². The van der Waals surface area contributed by atoms with Crippen LogP contribution in [0.25, 0.3) is 10.8 Å². The second-order valence-corrected chi connectivity index (χ2v) is 2.76. The third-order valence-electron chi connectivity index (χ3n) is 1.93. The lowest BCUT2D eigenvalue weighted by atomic mass is 10.1. The average Bonchev–Trinajstić information content (AvgIpc) is 2.18. The minimum absolute atomic E-state index is 0.0488. The number of fused-ring (bicyclic) bond motifs is 1. The Balaban J connectivity index is 2.96. The van der Waals surface area contributed by atoms with Crippen molar-refractivity contribution >= 4 is 16.7 Å². The molecule has 0 unspecified atom stereocenters. The molecule has 0 aliphatic heterocycles. The summed E-state index contributed by atoms with van der Waals surface area (Å²) in [6, 6.07) is 1.49. The van der Waals surface area contributed by atoms with E-state index in [9.17, 15) is 9.59 Å². The fraction of sp³-hybridized carbons (Fsp3) is 0. The van der Waals surface area contributed by atoms with Crippen LogP contribution in [0, 0.1) is 0 Å². The van der Waals surface area contributed by atoms with Gasteiger partial charge < -0.3 is 10.1 Å². The Kier molecular flexibility index (Phi) is 1.78. The molecule has 0 bridgehead atoms. The van der Waals surface area contributed by atoms with E-state index in [-0.39, 0.29) is 11.1 Å². The number of carboxylic acid groups (broad SMARTS) is 1. The predicted octanol–water partition coefficient (Wildman–Crippen LogP) is 0.621. The zero-order valence-corrected chi connectivity index (χ0v) is 7.02. The number of pyridine rings is 2. The van der Waals surface area contributed by atoms with Crippen molar-refractivity contribution in [3.05, 3.63) is 40.6 Å². The van der Waals surface area contributed by atoms with Gasteiger partial charge in [0.15, 0.2) is 0 Å². The van der Waals surface area contributed by atoms with Gasteiger partial charge in [-0.1, -0.05) is 0 Å². The molecule has 5 nitrogen and oxygen atoms in total. The quantitative estimate of drug-likeness (QED) is 0.690. The molecule has 2 aromatic rings. The molecular weight excluding hydrogens is 184 g/mol. The van der Waals surface area contributed by atoms with E-state index in [2.05, 4.69) is 9.97 Å². The number of hydrogen-bond acceptors (Lipinski definition) is 3. The predicted molar refractivity (Wildman–Crippen MR) is 49.3 cm³/mol. The van der Waals surface area contributed by atoms with E-state index in [0.29, 0.717) is 10.8 Å². The Morgan fingerprint density at radius 1 is 1.43 bits per heavy atom. The number of carbonyl (C=O) groups is 1. The molecule has 0 fully saturated rings. The Bertz CT molecular complexity index is 559. The molecule has 0 aliphatic carbocycles. The second-order valence-electron chi connectivity index (χ2n) is 2.76. The molecule has 70 valence electrons. The number of nitrogens with zero attached hydrogens (tertiary/aromatic N) is 1. The van der Waals surface area contributed by atoms with Crippen LogP contribution < -0.4 is 5.56 Å². The van der Waals surface area contributed by atoms with Crippen LogP contribution >= 0.6 is 0 Å². The normalized spacial score (nSPS) is 10.3. The Morgan fingerprint density at radius 2 is 2.21 bits per heavy atom. The smallest absolute Gasteiger partial charge is 0.337 e. The van der Waals surface area contributed by atoms with Crippen molar-refractivity contribution in [2.24, 2.45) is 0 Å². The summed E-state index contributed by atoms with van der Waals surface area (Å²) in [6.45, 7) is 0. The summed E-state index contributed by atoms with van der Waals surface area (Å²) < 4.78 is 0. The zero-order chi connectivity index (χ0) is 10.1. The van der Waals surface area contributed by atoms with Crippen LogP contribution in [0.3, 0.4) is 0 Å². The number of hydrogen-bond donors (Lipinski definition) is 2. The summed E-state index contributed by atoms with van der Waals surface area (Å²) in [7, 11) is 0. The largest absolute Gasteiger partial charge is 0.478 e. The maximum Gasteiger partial charge on any atom is 0.337 e. The fourth-order valence-electron chi connectivity index (χ4n) is 1.28. The van der Waals surface area contributed by atoms with Gasteiger partial charge in [0.2, 0.25) is 0 Å². The molecule has 0 atom stereocenters. The van der Waals surface area contributed by atoms with Crippen molar-refractivity contribution in [3.63, 3.8) is 0 Å². The van der Waals surface area contributed by atoms with Crippen LogP contribution in [0.5, 0.6) is 0 Å². The molecule has 2 N–H and O–H groups in total. The van der Waals surface area contributed by atoms with E-state index >= 15 is 0 Å². The molecule has 2 aromatic heterocycles. The van der Waals surface area contributed by atoms with E-state index in [1.165, 1.54) is 24.7 Å². The summed E-state index contributed by atoms with van der Waals surface area (Å²) >= 11 is 0. The van der Waals surface area contributed by atoms with Gasteiger partial charge in [0.05, 0.1) is 10.9 Å². The third kappa shape index (κ3) is 1.15. The van der Waals surface area contributed by atoms with E-state index in [1.54, 1.807) is 0 Å². The zero-order valence-electron chi connectivity index (χ0n) is 7.02. The van der Waals surface area contributed by atoms with E-state index < -0.39 is 5.97 Å². The van der Waals surface area contributed by atoms with E-state index in [0.717, 1.165) is 0 Å². The number of carboxylic acids is 1. The van der Waals surface area contributed by atoms with Gasteiger partial charge >= 0.3 is 5.97 Å². The van der Waals surface area contributed by atoms with Gasteiger partial charge in [0.1, 0.15) is 0 Å². The molecule has 0 amide bonds. The van der Waals surface area contributed by atoms with Gasteiger partial charge in [-0.05, 0) is 6.07 Å². The van der Waals surface area contributed by atoms with Gasteiger partial charge in [-0.15, -0.1) is 0 Å². The number of aromatic nitrogens is 2. The Morgan fingerprint density at radius 3 is 2.93 bits per heavy atom. The molecule has 2 heterocycles. The van der Waals surface area contributed by atoms with Gasteiger partial charge in [-0.25, -0.2) is 4.79 Å². The van der Waals surface area contributed by atoms with Crippen molar-refractivity contribution in [1.82, 2.24) is 9.97 Å². The first-order valence-electron chi connectivity index (χ1n) is 3.89. The highest BCUT2D eigenvalue weighted by Gasteiger charge is 2.09. The maximum atomic E-state index is 11.3. The molecule has 0 saturated heterocycles. The molecule has 0 aromatic carbocycles. The molecule has 0 saturated carbocycles. The highest BCUT2D eigenvalue weighted by molar-refractivity contribution is 6.02. The topological polar surface area (TPSA) is 83.0 Å². The number of rotatable bonds is 1. The van der Waals surface area contributed by atoms with Gasteiger partial charge in [-0.2, -0.15) is 0 Å². The number of H-pyrrole nitrogens is 1. The van der Waals surface area contributed by atoms with Crippen molar-refractivity contribution in [2.45, 2.75) is 0 Å². The summed E-state index contributed by atoms with van der Waals surface area (Å²) in [5, 5.41) is 9.51. The minimum Gasteiger partial charge on any atom is -0.478 e. The lowest BCUT2D eigenvalue weighted by Gasteiger charge is -1.99. The van der Waals surface area contributed by atoms with Gasteiger partial charge in [0.25, 0.3) is 5.56 Å². The Labute approximate surface area is 78.0 Å². The van der Waals surface area contributed by atoms with E-state index in [4.69, 9.17) is 5.11 Å². The maximum absolute atomic E-state index is 11.3. The Hall–Kier alpha value is -2.17. The molecule has 0 aliphatic rings. The number of aromatic amines is 1. The summed E-state index contributed by atoms with van der Waals surface area (Å²) in [4.78, 5) is 28.2. The van der Waals surface area contributed by atoms with Crippen LogP contribution in [0.1, 0.15) is 10.4 Å². The first-order valence-corrected chi connectivity index (χ1v) is 3.89. The molecule has 0 radical (unpaired) electrons. The highest BCUT2D eigenvalue weighted by Crippen LogP contribution is 2.12. The van der Waals surface area contributed by atoms with Crippen LogP contribution in [0.15, 0.2) is 29.5 Å². The number of aromatic carboxylic acids is 1. The van der Waals surface area contributed by atoms with E-state index in [1.807, 2.05) is 0 Å². The SMILES string of the molecule is O=C(O)c1c[nH]c(=O)c2ccncc12. The molecule has 2 rings (SSSR count). The molecule has 14 heavy (non-hydrogen) atoms. The third-order valence-corrected chi connectivity index (χ3v) is 1.93. The summed E-state index contributed by atoms with van der Waals surface area (Å²) in [5.74, 6) is -1.08. The molecule has 0 spiro atoms. The molecule has 5 heteroatoms. The lowest BCUT2D eigenvalue weighted by molar-refractivity contribution is 0.0698. The standard InChI is InChI=1S/C9H6N2O3/c12-8-5-1-2-10-3-6(5)7(4-11-8)9(13)14/h1-4H,(H,11,12)(H,13,14). The van der Waals surface area contributed by atoms with Crippen molar-refractivity contribution < 1.29 is 9.90 Å². The monoisotopic (exact) mass is 190 g/mol. The van der Waals surface area contributed by atoms with Gasteiger partial charge in [-0.3, -0.25) is 9.78 Å². The molecular formula is C9H6N2O3. The van der Waals surface area contributed by atoms with Crippen molar-refractivity contribution in [1.29, 1.82) is 0 Å². The van der Waals surface area contributed by atoms with Crippen LogP contribution in [-0.4, -0.2) is 21.0 Å². The van der Waals surface area contributed by atoms with Crippen LogP contribution in [0.4, 0.5) is 0 Å². The first kappa shape index (κ1) is 8.43. The highest BCUT2D eigenvalue weighted by atomic mass is 16.4. The average molecular weight is 190 g/mol. The first-order chi connectivity index (χ1) is 6.70. The van der Waals surface area contributed by atoms with Crippen molar-refractivity contribution in [2.75, 3.05) is 0 Å². The van der Waals surface area contributed by atoms with Gasteiger partial charge in [0, 0.05) is 24.0 Å². The lowest BCUT2D eigenvalue weighted by Crippen LogP contribution is -2.10. The summed E-state index contributed by atoms with van der Waals surface area (Å²) in [6.07, 6.45) is 3.99. The van der Waals surface area contributed by atoms with Crippen LogP contribution in [0.2, 0.25) is 0 Å². The summed E-state index contributed by atoms with van der Waals surface area (Å²) in [5.41, 5.74) is -0.264. The minimum atomic E-state index is -1.08. The number of nitrogens with one attached hydrogen (secondary N) is 1. The van der Waals surface area contributed by atoms with Crippen molar-refractivity contribution in [3.8, 4) is 0 Å². The second kappa shape index (κ2) is 2.95. The fourth-order valence-corrected chi connectivity index (χ4v) is 1.28.